The Hall–Kier alpha value is -2.29. The number of ether oxygens (including phenoxy) is 2. The maximum absolute atomic E-state index is 12.7. The van der Waals surface area contributed by atoms with Gasteiger partial charge in [-0.05, 0) is 42.7 Å². The van der Waals surface area contributed by atoms with E-state index in [1.54, 1.807) is 36.3 Å². The van der Waals surface area contributed by atoms with Gasteiger partial charge in [0.15, 0.2) is 5.13 Å². The number of thiazole rings is 1. The highest BCUT2D eigenvalue weighted by Gasteiger charge is 2.17. The lowest BCUT2D eigenvalue weighted by atomic mass is 10.2. The van der Waals surface area contributed by atoms with Crippen LogP contribution in [0.1, 0.15) is 10.4 Å². The first-order valence-electron chi connectivity index (χ1n) is 8.94. The van der Waals surface area contributed by atoms with E-state index in [-0.39, 0.29) is 5.91 Å². The first kappa shape index (κ1) is 19.0. The van der Waals surface area contributed by atoms with Crippen LogP contribution in [0.4, 0.5) is 10.8 Å². The number of carbonyl (C=O) groups is 1. The molecule has 0 saturated carbocycles. The van der Waals surface area contributed by atoms with E-state index in [1.165, 1.54) is 0 Å². The van der Waals surface area contributed by atoms with Crippen LogP contribution in [-0.4, -0.2) is 50.6 Å². The number of methoxy groups -OCH3 is 1. The third-order valence-corrected chi connectivity index (χ3v) is 6.37. The minimum Gasteiger partial charge on any atom is -0.496 e. The maximum atomic E-state index is 12.7. The molecule has 1 aliphatic heterocycles. The number of nitrogens with zero attached hydrogens (tertiary/aromatic N) is 2. The van der Waals surface area contributed by atoms with Crippen LogP contribution in [-0.2, 0) is 4.74 Å². The lowest BCUT2D eigenvalue weighted by molar-refractivity contribution is 0.102. The van der Waals surface area contributed by atoms with Crippen LogP contribution >= 0.6 is 23.1 Å². The fraction of sp³-hybridized carbons (Fsp3) is 0.300. The molecule has 0 aliphatic carbocycles. The molecule has 28 heavy (non-hydrogen) atoms. The number of carbonyl (C=O) groups excluding carboxylic acids is 1. The van der Waals surface area contributed by atoms with Crippen LogP contribution in [0.5, 0.6) is 5.75 Å². The number of nitrogens with one attached hydrogen (secondary N) is 1. The number of morpholine rings is 1. The summed E-state index contributed by atoms with van der Waals surface area (Å²) < 4.78 is 11.8. The van der Waals surface area contributed by atoms with Gasteiger partial charge in [0.1, 0.15) is 5.75 Å². The lowest BCUT2D eigenvalue weighted by Gasteiger charge is -2.25. The number of hydrogen-bond donors (Lipinski definition) is 1. The zero-order valence-corrected chi connectivity index (χ0v) is 17.4. The highest BCUT2D eigenvalue weighted by atomic mass is 32.2. The first-order valence-corrected chi connectivity index (χ1v) is 11.0. The predicted molar refractivity (Wildman–Crippen MR) is 115 cm³/mol. The molecule has 3 aromatic rings. The quantitative estimate of drug-likeness (QED) is 0.633. The second-order valence-electron chi connectivity index (χ2n) is 6.30. The number of rotatable bonds is 5. The van der Waals surface area contributed by atoms with Crippen molar-refractivity contribution in [3.05, 3.63) is 42.0 Å². The van der Waals surface area contributed by atoms with Crippen molar-refractivity contribution in [2.45, 2.75) is 4.90 Å². The van der Waals surface area contributed by atoms with Gasteiger partial charge in [0.25, 0.3) is 5.91 Å². The number of thioether (sulfide) groups is 1. The van der Waals surface area contributed by atoms with Crippen LogP contribution in [0.2, 0.25) is 0 Å². The summed E-state index contributed by atoms with van der Waals surface area (Å²) in [6.07, 6.45) is 1.99. The third kappa shape index (κ3) is 3.94. The Morgan fingerprint density at radius 1 is 1.25 bits per heavy atom. The number of benzene rings is 2. The van der Waals surface area contributed by atoms with Crippen molar-refractivity contribution >= 4 is 50.0 Å². The van der Waals surface area contributed by atoms with Crippen molar-refractivity contribution in [2.75, 3.05) is 49.9 Å². The maximum Gasteiger partial charge on any atom is 0.259 e. The minimum absolute atomic E-state index is 0.193. The average molecular weight is 416 g/mol. The third-order valence-electron chi connectivity index (χ3n) is 4.57. The first-order chi connectivity index (χ1) is 13.7. The number of aromatic nitrogens is 1. The van der Waals surface area contributed by atoms with E-state index in [2.05, 4.69) is 10.2 Å². The highest BCUT2D eigenvalue weighted by molar-refractivity contribution is 7.98. The van der Waals surface area contributed by atoms with Gasteiger partial charge in [0.2, 0.25) is 0 Å². The zero-order valence-electron chi connectivity index (χ0n) is 15.7. The molecule has 1 fully saturated rings. The normalized spacial score (nSPS) is 14.3. The summed E-state index contributed by atoms with van der Waals surface area (Å²) in [5.74, 6) is 0.375. The SMILES string of the molecule is COc1cc(SC)ccc1C(=O)Nc1ccc2nc(N3CCOCC3)sc2c1. The van der Waals surface area contributed by atoms with Gasteiger partial charge in [-0.15, -0.1) is 11.8 Å². The van der Waals surface area contributed by atoms with Crippen molar-refractivity contribution in [2.24, 2.45) is 0 Å². The Bertz CT molecular complexity index is 1000. The fourth-order valence-corrected chi connectivity index (χ4v) is 4.55. The van der Waals surface area contributed by atoms with Gasteiger partial charge in [-0.3, -0.25) is 4.79 Å². The standard InChI is InChI=1S/C20H21N3O3S2/c1-25-17-12-14(27-2)4-5-15(17)19(24)21-13-3-6-16-18(11-13)28-20(22-16)23-7-9-26-10-8-23/h3-6,11-12H,7-10H2,1-2H3,(H,21,24). The summed E-state index contributed by atoms with van der Waals surface area (Å²) in [5, 5.41) is 3.97. The van der Waals surface area contributed by atoms with E-state index in [0.29, 0.717) is 11.3 Å². The Morgan fingerprint density at radius 2 is 2.07 bits per heavy atom. The van der Waals surface area contributed by atoms with Gasteiger partial charge in [-0.1, -0.05) is 11.3 Å². The summed E-state index contributed by atoms with van der Waals surface area (Å²) in [5.41, 5.74) is 2.19. The van der Waals surface area contributed by atoms with Crippen LogP contribution < -0.4 is 15.0 Å². The van der Waals surface area contributed by atoms with Gasteiger partial charge in [-0.2, -0.15) is 0 Å². The fourth-order valence-electron chi connectivity index (χ4n) is 3.06. The molecule has 8 heteroatoms. The highest BCUT2D eigenvalue weighted by Crippen LogP contribution is 2.32. The summed E-state index contributed by atoms with van der Waals surface area (Å²) >= 11 is 3.24. The Kier molecular flexibility index (Phi) is 5.70. The molecule has 1 aromatic heterocycles. The van der Waals surface area contributed by atoms with Crippen LogP contribution in [0, 0.1) is 0 Å². The number of fused-ring (bicyclic) bond motifs is 1. The molecule has 0 unspecified atom stereocenters. The van der Waals surface area contributed by atoms with Gasteiger partial charge >= 0.3 is 0 Å². The van der Waals surface area contributed by atoms with E-state index in [0.717, 1.165) is 52.2 Å². The van der Waals surface area contributed by atoms with Crippen molar-refractivity contribution in [1.82, 2.24) is 4.98 Å². The van der Waals surface area contributed by atoms with Crippen molar-refractivity contribution in [1.29, 1.82) is 0 Å². The molecule has 2 heterocycles. The van der Waals surface area contributed by atoms with E-state index >= 15 is 0 Å². The molecule has 2 aromatic carbocycles. The second kappa shape index (κ2) is 8.38. The average Bonchev–Trinajstić information content (AvgIpc) is 3.17. The molecule has 6 nitrogen and oxygen atoms in total. The minimum atomic E-state index is -0.193. The monoisotopic (exact) mass is 415 g/mol. The molecule has 146 valence electrons. The summed E-state index contributed by atoms with van der Waals surface area (Å²) in [4.78, 5) is 20.8. The second-order valence-corrected chi connectivity index (χ2v) is 8.19. The van der Waals surface area contributed by atoms with Crippen LogP contribution in [0.15, 0.2) is 41.3 Å². The molecule has 4 rings (SSSR count). The molecule has 0 radical (unpaired) electrons. The van der Waals surface area contributed by atoms with Crippen molar-refractivity contribution in [3.8, 4) is 5.75 Å². The van der Waals surface area contributed by atoms with Gasteiger partial charge in [0.05, 0.1) is 36.1 Å². The van der Waals surface area contributed by atoms with Gasteiger partial charge in [-0.25, -0.2) is 4.98 Å². The summed E-state index contributed by atoms with van der Waals surface area (Å²) in [6, 6.07) is 11.4. The predicted octanol–water partition coefficient (Wildman–Crippen LogP) is 4.12. The number of anilines is 2. The Morgan fingerprint density at radius 3 is 2.82 bits per heavy atom. The topological polar surface area (TPSA) is 63.7 Å². The smallest absolute Gasteiger partial charge is 0.259 e. The van der Waals surface area contributed by atoms with Crippen molar-refractivity contribution < 1.29 is 14.3 Å². The molecule has 0 spiro atoms. The summed E-state index contributed by atoms with van der Waals surface area (Å²) in [7, 11) is 1.58. The number of amides is 1. The van der Waals surface area contributed by atoms with E-state index in [4.69, 9.17) is 14.5 Å². The Labute approximate surface area is 171 Å². The molecule has 1 saturated heterocycles. The molecule has 0 bridgehead atoms. The van der Waals surface area contributed by atoms with E-state index in [9.17, 15) is 4.79 Å². The molecular weight excluding hydrogens is 394 g/mol. The molecule has 1 aliphatic rings. The molecule has 1 amide bonds. The van der Waals surface area contributed by atoms with Crippen LogP contribution in [0.25, 0.3) is 10.2 Å². The molecule has 0 atom stereocenters. The van der Waals surface area contributed by atoms with Gasteiger partial charge < -0.3 is 19.7 Å². The molecular formula is C20H21N3O3S2. The number of hydrogen-bond acceptors (Lipinski definition) is 7. The lowest BCUT2D eigenvalue weighted by Crippen LogP contribution is -2.36. The summed E-state index contributed by atoms with van der Waals surface area (Å²) in [6.45, 7) is 3.17. The molecule has 1 N–H and O–H groups in total. The van der Waals surface area contributed by atoms with E-state index < -0.39 is 0 Å². The van der Waals surface area contributed by atoms with Crippen molar-refractivity contribution in [3.63, 3.8) is 0 Å². The van der Waals surface area contributed by atoms with Gasteiger partial charge in [0, 0.05) is 23.7 Å². The Balaban J connectivity index is 1.55. The largest absolute Gasteiger partial charge is 0.496 e. The zero-order chi connectivity index (χ0) is 19.5. The van der Waals surface area contributed by atoms with E-state index in [1.807, 2.05) is 36.6 Å². The van der Waals surface area contributed by atoms with Crippen LogP contribution in [0.3, 0.4) is 0 Å².